The Labute approximate surface area is 129 Å². The normalized spacial score (nSPS) is 10.6. The summed E-state index contributed by atoms with van der Waals surface area (Å²) in [4.78, 5) is 11.7. The molecule has 0 aromatic heterocycles. The van der Waals surface area contributed by atoms with Gasteiger partial charge in [-0.05, 0) is 36.8 Å². The third-order valence-corrected chi connectivity index (χ3v) is 3.01. The summed E-state index contributed by atoms with van der Waals surface area (Å²) in [5.41, 5.74) is 5.51. The predicted octanol–water partition coefficient (Wildman–Crippen LogP) is 2.51. The molecule has 5 nitrogen and oxygen atoms in total. The number of amides is 1. The van der Waals surface area contributed by atoms with Gasteiger partial charge in [0.15, 0.2) is 0 Å². The van der Waals surface area contributed by atoms with Crippen LogP contribution < -0.4 is 10.7 Å². The van der Waals surface area contributed by atoms with E-state index in [1.807, 2.05) is 30.3 Å². The lowest BCUT2D eigenvalue weighted by Crippen LogP contribution is -2.26. The number of para-hydroxylation sites is 1. The van der Waals surface area contributed by atoms with Crippen molar-refractivity contribution in [3.63, 3.8) is 0 Å². The van der Waals surface area contributed by atoms with Gasteiger partial charge in [0.1, 0.15) is 0 Å². The number of nitrogens with zero attached hydrogens (tertiary/aromatic N) is 2. The molecule has 2 rings (SSSR count). The maximum atomic E-state index is 11.7. The minimum Gasteiger partial charge on any atom is -0.376 e. The summed E-state index contributed by atoms with van der Waals surface area (Å²) < 4.78 is 0. The third-order valence-electron chi connectivity index (χ3n) is 3.01. The van der Waals surface area contributed by atoms with Crippen molar-refractivity contribution in [2.24, 2.45) is 5.10 Å². The largest absolute Gasteiger partial charge is 0.376 e. The zero-order chi connectivity index (χ0) is 15.8. The quantitative estimate of drug-likeness (QED) is 0.656. The van der Waals surface area contributed by atoms with E-state index in [4.69, 9.17) is 5.26 Å². The highest BCUT2D eigenvalue weighted by atomic mass is 16.2. The van der Waals surface area contributed by atoms with Crippen LogP contribution in [0.5, 0.6) is 0 Å². The number of anilines is 1. The van der Waals surface area contributed by atoms with E-state index in [0.717, 1.165) is 11.3 Å². The van der Waals surface area contributed by atoms with Crippen molar-refractivity contribution in [1.82, 2.24) is 5.43 Å². The van der Waals surface area contributed by atoms with Gasteiger partial charge in [0.25, 0.3) is 5.91 Å². The number of nitrogens with one attached hydrogen (secondary N) is 2. The van der Waals surface area contributed by atoms with Crippen LogP contribution in [0.25, 0.3) is 0 Å². The number of carbonyl (C=O) groups excluding carboxylic acids is 1. The molecule has 2 aromatic carbocycles. The third kappa shape index (κ3) is 4.46. The molecule has 0 spiro atoms. The molecule has 0 heterocycles. The minimum atomic E-state index is -0.225. The lowest BCUT2D eigenvalue weighted by Gasteiger charge is -2.06. The molecule has 0 saturated carbocycles. The van der Waals surface area contributed by atoms with Gasteiger partial charge in [-0.1, -0.05) is 30.3 Å². The van der Waals surface area contributed by atoms with Crippen LogP contribution >= 0.6 is 0 Å². The lowest BCUT2D eigenvalue weighted by molar-refractivity contribution is -0.119. The van der Waals surface area contributed by atoms with E-state index in [1.165, 1.54) is 0 Å². The molecule has 0 saturated heterocycles. The lowest BCUT2D eigenvalue weighted by atomic mass is 10.1. The van der Waals surface area contributed by atoms with Crippen LogP contribution in [0.3, 0.4) is 0 Å². The van der Waals surface area contributed by atoms with Gasteiger partial charge in [-0.2, -0.15) is 10.4 Å². The van der Waals surface area contributed by atoms with Crippen molar-refractivity contribution < 1.29 is 4.79 Å². The first-order chi connectivity index (χ1) is 10.7. The topological polar surface area (TPSA) is 77.3 Å². The van der Waals surface area contributed by atoms with E-state index in [9.17, 15) is 4.79 Å². The van der Waals surface area contributed by atoms with Gasteiger partial charge in [-0.3, -0.25) is 4.79 Å². The number of carbonyl (C=O) groups is 1. The molecular formula is C17H16N4O. The average Bonchev–Trinajstić information content (AvgIpc) is 2.58. The molecule has 0 aliphatic rings. The van der Waals surface area contributed by atoms with E-state index >= 15 is 0 Å². The monoisotopic (exact) mass is 292 g/mol. The van der Waals surface area contributed by atoms with Crippen LogP contribution in [0.15, 0.2) is 59.7 Å². The van der Waals surface area contributed by atoms with Crippen LogP contribution in [-0.4, -0.2) is 18.2 Å². The standard InChI is InChI=1S/C17H16N4O/c1-13(15-9-7-14(11-18)8-10-15)20-21-17(22)12-19-16-5-3-2-4-6-16/h2-10,19H,12H2,1H3,(H,21,22)/b20-13+. The van der Waals surface area contributed by atoms with E-state index < -0.39 is 0 Å². The molecule has 0 aliphatic carbocycles. The highest BCUT2D eigenvalue weighted by Gasteiger charge is 2.01. The maximum absolute atomic E-state index is 11.7. The molecule has 110 valence electrons. The van der Waals surface area contributed by atoms with Crippen LogP contribution in [0.2, 0.25) is 0 Å². The van der Waals surface area contributed by atoms with Gasteiger partial charge >= 0.3 is 0 Å². The van der Waals surface area contributed by atoms with Crippen molar-refractivity contribution in [2.45, 2.75) is 6.92 Å². The van der Waals surface area contributed by atoms with Gasteiger partial charge in [0.05, 0.1) is 23.9 Å². The second kappa shape index (κ2) is 7.60. The smallest absolute Gasteiger partial charge is 0.259 e. The number of nitriles is 1. The fourth-order valence-corrected chi connectivity index (χ4v) is 1.77. The Hall–Kier alpha value is -3.13. The summed E-state index contributed by atoms with van der Waals surface area (Å²) in [6.07, 6.45) is 0. The van der Waals surface area contributed by atoms with Gasteiger partial charge in [0.2, 0.25) is 0 Å². The van der Waals surface area contributed by atoms with Gasteiger partial charge in [0, 0.05) is 5.69 Å². The fourth-order valence-electron chi connectivity index (χ4n) is 1.77. The zero-order valence-corrected chi connectivity index (χ0v) is 12.2. The number of hydrogen-bond acceptors (Lipinski definition) is 4. The molecule has 5 heteroatoms. The number of hydrogen-bond donors (Lipinski definition) is 2. The summed E-state index contributed by atoms with van der Waals surface area (Å²) in [7, 11) is 0. The summed E-state index contributed by atoms with van der Waals surface area (Å²) in [6, 6.07) is 18.6. The highest BCUT2D eigenvalue weighted by Crippen LogP contribution is 2.05. The van der Waals surface area contributed by atoms with E-state index in [1.54, 1.807) is 31.2 Å². The number of rotatable bonds is 5. The minimum absolute atomic E-state index is 0.147. The Morgan fingerprint density at radius 3 is 2.45 bits per heavy atom. The van der Waals surface area contributed by atoms with Crippen LogP contribution in [0, 0.1) is 11.3 Å². The van der Waals surface area contributed by atoms with Gasteiger partial charge in [-0.25, -0.2) is 5.43 Å². The number of hydrazone groups is 1. The van der Waals surface area contributed by atoms with E-state index in [2.05, 4.69) is 21.9 Å². The average molecular weight is 292 g/mol. The Morgan fingerprint density at radius 2 is 1.82 bits per heavy atom. The molecule has 1 amide bonds. The van der Waals surface area contributed by atoms with Crippen LogP contribution in [0.1, 0.15) is 18.1 Å². The maximum Gasteiger partial charge on any atom is 0.259 e. The fraction of sp³-hybridized carbons (Fsp3) is 0.118. The first kappa shape index (κ1) is 15.3. The molecule has 2 N–H and O–H groups in total. The Balaban J connectivity index is 1.87. The van der Waals surface area contributed by atoms with Gasteiger partial charge < -0.3 is 5.32 Å². The Bertz CT molecular complexity index is 700. The van der Waals surface area contributed by atoms with E-state index in [-0.39, 0.29) is 12.5 Å². The van der Waals surface area contributed by atoms with E-state index in [0.29, 0.717) is 11.3 Å². The summed E-state index contributed by atoms with van der Waals surface area (Å²) in [6.45, 7) is 1.94. The van der Waals surface area contributed by atoms with Crippen LogP contribution in [-0.2, 0) is 4.79 Å². The molecule has 0 fully saturated rings. The molecule has 0 aliphatic heterocycles. The molecular weight excluding hydrogens is 276 g/mol. The molecule has 2 aromatic rings. The first-order valence-electron chi connectivity index (χ1n) is 6.81. The summed E-state index contributed by atoms with van der Waals surface area (Å²) in [5, 5.41) is 15.8. The predicted molar refractivity (Wildman–Crippen MR) is 86.4 cm³/mol. The molecule has 0 bridgehead atoms. The molecule has 22 heavy (non-hydrogen) atoms. The van der Waals surface area contributed by atoms with Crippen molar-refractivity contribution in [3.05, 3.63) is 65.7 Å². The zero-order valence-electron chi connectivity index (χ0n) is 12.2. The summed E-state index contributed by atoms with van der Waals surface area (Å²) in [5.74, 6) is -0.225. The SMILES string of the molecule is C/C(=N\NC(=O)CNc1ccccc1)c1ccc(C#N)cc1. The Morgan fingerprint density at radius 1 is 1.14 bits per heavy atom. The Kier molecular flexibility index (Phi) is 5.27. The van der Waals surface area contributed by atoms with Crippen molar-refractivity contribution in [2.75, 3.05) is 11.9 Å². The second-order valence-electron chi connectivity index (χ2n) is 4.64. The van der Waals surface area contributed by atoms with Crippen LogP contribution in [0.4, 0.5) is 5.69 Å². The number of benzene rings is 2. The highest BCUT2D eigenvalue weighted by molar-refractivity contribution is 5.99. The molecule has 0 radical (unpaired) electrons. The second-order valence-corrected chi connectivity index (χ2v) is 4.64. The first-order valence-corrected chi connectivity index (χ1v) is 6.81. The van der Waals surface area contributed by atoms with Gasteiger partial charge in [-0.15, -0.1) is 0 Å². The van der Waals surface area contributed by atoms with Crippen molar-refractivity contribution in [1.29, 1.82) is 5.26 Å². The van der Waals surface area contributed by atoms with Crippen molar-refractivity contribution in [3.8, 4) is 6.07 Å². The molecule has 0 unspecified atom stereocenters. The molecule has 0 atom stereocenters. The summed E-state index contributed by atoms with van der Waals surface area (Å²) >= 11 is 0. The van der Waals surface area contributed by atoms with Crippen molar-refractivity contribution >= 4 is 17.3 Å².